The average Bonchev–Trinajstić information content (AvgIpc) is 2.68. The predicted octanol–water partition coefficient (Wildman–Crippen LogP) is 4.41. The molecule has 0 fully saturated rings. The number of Topliss-reactive ketones (excluding diaryl/α,β-unsaturated/α-hetero) is 1. The van der Waals surface area contributed by atoms with Crippen LogP contribution < -0.4 is 4.74 Å². The molecular formula is C22H28O4. The number of hydrogen-bond acceptors (Lipinski definition) is 4. The van der Waals surface area contributed by atoms with Crippen molar-refractivity contribution in [3.05, 3.63) is 65.7 Å². The van der Waals surface area contributed by atoms with E-state index in [9.17, 15) is 4.79 Å². The first-order valence-electron chi connectivity index (χ1n) is 8.96. The van der Waals surface area contributed by atoms with E-state index in [1.807, 2.05) is 61.5 Å². The van der Waals surface area contributed by atoms with Crippen molar-refractivity contribution >= 4 is 5.78 Å². The van der Waals surface area contributed by atoms with Crippen molar-refractivity contribution in [3.63, 3.8) is 0 Å². The van der Waals surface area contributed by atoms with Crippen molar-refractivity contribution in [2.45, 2.75) is 39.6 Å². The van der Waals surface area contributed by atoms with Gasteiger partial charge in [-0.2, -0.15) is 0 Å². The lowest BCUT2D eigenvalue weighted by Gasteiger charge is -2.23. The Balaban J connectivity index is 1.83. The van der Waals surface area contributed by atoms with Crippen molar-refractivity contribution in [1.82, 2.24) is 0 Å². The zero-order valence-corrected chi connectivity index (χ0v) is 15.8. The van der Waals surface area contributed by atoms with Gasteiger partial charge in [0, 0.05) is 12.5 Å². The lowest BCUT2D eigenvalue weighted by Crippen LogP contribution is -2.28. The average molecular weight is 356 g/mol. The Morgan fingerprint density at radius 3 is 2.23 bits per heavy atom. The zero-order valence-electron chi connectivity index (χ0n) is 15.8. The molecule has 0 heterocycles. The lowest BCUT2D eigenvalue weighted by atomic mass is 9.98. The lowest BCUT2D eigenvalue weighted by molar-refractivity contribution is -0.126. The summed E-state index contributed by atoms with van der Waals surface area (Å²) >= 11 is 0. The normalized spacial score (nSPS) is 13.2. The summed E-state index contributed by atoms with van der Waals surface area (Å²) < 4.78 is 17.0. The Bertz CT molecular complexity index is 652. The maximum atomic E-state index is 11.8. The van der Waals surface area contributed by atoms with Crippen LogP contribution in [0.3, 0.4) is 0 Å². The highest BCUT2D eigenvalue weighted by atomic mass is 16.5. The third-order valence-electron chi connectivity index (χ3n) is 4.48. The topological polar surface area (TPSA) is 44.8 Å². The van der Waals surface area contributed by atoms with E-state index in [0.717, 1.165) is 16.9 Å². The van der Waals surface area contributed by atoms with Crippen LogP contribution in [0.5, 0.6) is 5.75 Å². The van der Waals surface area contributed by atoms with Gasteiger partial charge in [0.15, 0.2) is 0 Å². The van der Waals surface area contributed by atoms with Gasteiger partial charge in [-0.3, -0.25) is 4.79 Å². The zero-order chi connectivity index (χ0) is 18.8. The Kier molecular flexibility index (Phi) is 8.32. The monoisotopic (exact) mass is 356 g/mol. The van der Waals surface area contributed by atoms with Crippen LogP contribution in [0.15, 0.2) is 54.6 Å². The molecule has 0 spiro atoms. The van der Waals surface area contributed by atoms with Crippen LogP contribution in [0, 0.1) is 5.92 Å². The Hall–Kier alpha value is -2.17. The summed E-state index contributed by atoms with van der Waals surface area (Å²) in [6, 6.07) is 17.8. The van der Waals surface area contributed by atoms with Gasteiger partial charge in [0.1, 0.15) is 11.5 Å². The summed E-state index contributed by atoms with van der Waals surface area (Å²) in [5, 5.41) is 0. The fourth-order valence-electron chi connectivity index (χ4n) is 2.63. The molecule has 26 heavy (non-hydrogen) atoms. The van der Waals surface area contributed by atoms with E-state index in [1.165, 1.54) is 0 Å². The van der Waals surface area contributed by atoms with E-state index < -0.39 is 0 Å². The van der Waals surface area contributed by atoms with Gasteiger partial charge in [0.25, 0.3) is 0 Å². The van der Waals surface area contributed by atoms with Crippen LogP contribution in [0.1, 0.15) is 31.4 Å². The molecule has 0 unspecified atom stereocenters. The first-order valence-corrected chi connectivity index (χ1v) is 8.96. The first-order chi connectivity index (χ1) is 12.6. The maximum Gasteiger partial charge on any atom is 0.135 e. The summed E-state index contributed by atoms with van der Waals surface area (Å²) in [6.45, 7) is 5.11. The number of carbonyl (C=O) groups excluding carboxylic acids is 1. The number of methoxy groups -OCH3 is 1. The second-order valence-corrected chi connectivity index (χ2v) is 6.42. The molecule has 0 aliphatic heterocycles. The third kappa shape index (κ3) is 6.62. The first kappa shape index (κ1) is 20.1. The summed E-state index contributed by atoms with van der Waals surface area (Å²) in [7, 11) is 1.64. The molecule has 2 aromatic carbocycles. The smallest absolute Gasteiger partial charge is 0.135 e. The predicted molar refractivity (Wildman–Crippen MR) is 102 cm³/mol. The van der Waals surface area contributed by atoms with Gasteiger partial charge in [0.2, 0.25) is 0 Å². The molecule has 4 nitrogen and oxygen atoms in total. The van der Waals surface area contributed by atoms with Crippen LogP contribution in [-0.2, 0) is 27.5 Å². The minimum atomic E-state index is -0.162. The largest absolute Gasteiger partial charge is 0.497 e. The van der Waals surface area contributed by atoms with Crippen LogP contribution in [0.25, 0.3) is 0 Å². The van der Waals surface area contributed by atoms with Gasteiger partial charge >= 0.3 is 0 Å². The van der Waals surface area contributed by atoms with Crippen LogP contribution in [0.4, 0.5) is 0 Å². The molecule has 0 radical (unpaired) electrons. The molecule has 2 rings (SSSR count). The van der Waals surface area contributed by atoms with E-state index in [2.05, 4.69) is 0 Å². The molecule has 0 saturated carbocycles. The molecular weight excluding hydrogens is 328 g/mol. The van der Waals surface area contributed by atoms with Gasteiger partial charge < -0.3 is 14.2 Å². The van der Waals surface area contributed by atoms with Gasteiger partial charge in [-0.25, -0.2) is 0 Å². The fourth-order valence-corrected chi connectivity index (χ4v) is 2.63. The van der Waals surface area contributed by atoms with Crippen LogP contribution in [0.2, 0.25) is 0 Å². The standard InChI is InChI=1S/C22H28O4/c1-17(18(2)23)22(13-14-25-15-19-7-5-4-6-8-19)26-16-20-9-11-21(24-3)12-10-20/h4-12,17,22H,13-16H2,1-3H3/t17-,22-/m1/s1. The van der Waals surface area contributed by atoms with Crippen LogP contribution in [-0.4, -0.2) is 25.6 Å². The minimum Gasteiger partial charge on any atom is -0.497 e. The molecule has 0 aliphatic carbocycles. The summed E-state index contributed by atoms with van der Waals surface area (Å²) in [5.41, 5.74) is 2.19. The fraction of sp³-hybridized carbons (Fsp3) is 0.409. The van der Waals surface area contributed by atoms with Crippen molar-refractivity contribution < 1.29 is 19.0 Å². The number of ketones is 1. The number of rotatable bonds is 11. The summed E-state index contributed by atoms with van der Waals surface area (Å²) in [6.07, 6.45) is 0.523. The van der Waals surface area contributed by atoms with E-state index in [0.29, 0.717) is 26.2 Å². The molecule has 2 aromatic rings. The summed E-state index contributed by atoms with van der Waals surface area (Å²) in [5.74, 6) is 0.790. The van der Waals surface area contributed by atoms with Gasteiger partial charge in [-0.15, -0.1) is 0 Å². The van der Waals surface area contributed by atoms with Crippen molar-refractivity contribution in [1.29, 1.82) is 0 Å². The molecule has 0 aliphatic rings. The van der Waals surface area contributed by atoms with E-state index in [1.54, 1.807) is 14.0 Å². The molecule has 0 aromatic heterocycles. The van der Waals surface area contributed by atoms with E-state index in [-0.39, 0.29) is 17.8 Å². The highest BCUT2D eigenvalue weighted by Crippen LogP contribution is 2.18. The van der Waals surface area contributed by atoms with Gasteiger partial charge in [0.05, 0.1) is 26.4 Å². The highest BCUT2D eigenvalue weighted by Gasteiger charge is 2.22. The van der Waals surface area contributed by atoms with Crippen LogP contribution >= 0.6 is 0 Å². The maximum absolute atomic E-state index is 11.8. The minimum absolute atomic E-state index is 0.132. The molecule has 0 bridgehead atoms. The van der Waals surface area contributed by atoms with Crippen molar-refractivity contribution in [3.8, 4) is 5.75 Å². The van der Waals surface area contributed by atoms with E-state index in [4.69, 9.17) is 14.2 Å². The number of hydrogen-bond donors (Lipinski definition) is 0. The number of benzene rings is 2. The van der Waals surface area contributed by atoms with Crippen molar-refractivity contribution in [2.75, 3.05) is 13.7 Å². The second-order valence-electron chi connectivity index (χ2n) is 6.42. The van der Waals surface area contributed by atoms with E-state index >= 15 is 0 Å². The highest BCUT2D eigenvalue weighted by molar-refractivity contribution is 5.78. The Morgan fingerprint density at radius 2 is 1.62 bits per heavy atom. The molecule has 0 saturated heterocycles. The number of ether oxygens (including phenoxy) is 3. The molecule has 0 N–H and O–H groups in total. The third-order valence-corrected chi connectivity index (χ3v) is 4.48. The summed E-state index contributed by atoms with van der Waals surface area (Å²) in [4.78, 5) is 11.8. The van der Waals surface area contributed by atoms with Gasteiger partial charge in [-0.05, 0) is 36.6 Å². The SMILES string of the molecule is COc1ccc(CO[C@H](CCOCc2ccccc2)[C@H](C)C(C)=O)cc1. The molecule has 0 amide bonds. The Morgan fingerprint density at radius 1 is 0.962 bits per heavy atom. The van der Waals surface area contributed by atoms with Crippen molar-refractivity contribution in [2.24, 2.45) is 5.92 Å². The second kappa shape index (κ2) is 10.7. The number of carbonyl (C=O) groups is 1. The molecule has 2 atom stereocenters. The molecule has 140 valence electrons. The van der Waals surface area contributed by atoms with Gasteiger partial charge in [-0.1, -0.05) is 49.4 Å². The Labute approximate surface area is 156 Å². The quantitative estimate of drug-likeness (QED) is 0.559. The molecule has 4 heteroatoms.